The molecule has 1 aliphatic rings. The lowest BCUT2D eigenvalue weighted by atomic mass is 9.87. The number of aryl methyl sites for hydroxylation is 1. The Morgan fingerprint density at radius 3 is 2.86 bits per heavy atom. The molecule has 0 aromatic heterocycles. The minimum absolute atomic E-state index is 0.0154. The Hall–Kier alpha value is -2.56. The smallest absolute Gasteiger partial charge is 0.273 e. The summed E-state index contributed by atoms with van der Waals surface area (Å²) in [5.41, 5.74) is 9.48. The lowest BCUT2D eigenvalue weighted by Crippen LogP contribution is -2.17. The van der Waals surface area contributed by atoms with E-state index in [9.17, 15) is 10.1 Å². The second-order valence-electron chi connectivity index (χ2n) is 5.36. The number of nitrogen functional groups attached to an aromatic ring is 1. The molecule has 0 saturated carbocycles. The van der Waals surface area contributed by atoms with Crippen molar-refractivity contribution in [1.29, 1.82) is 0 Å². The molecule has 21 heavy (non-hydrogen) atoms. The SMILES string of the molecule is Nc1cc(NC2CCCc3ccccc32)cc([N+](=O)[O-])c1. The maximum absolute atomic E-state index is 10.9. The predicted octanol–water partition coefficient (Wildman–Crippen LogP) is 3.67. The van der Waals surface area contributed by atoms with Crippen LogP contribution in [0, 0.1) is 10.1 Å². The summed E-state index contributed by atoms with van der Waals surface area (Å²) in [6.45, 7) is 0. The molecule has 0 fully saturated rings. The fourth-order valence-electron chi connectivity index (χ4n) is 2.93. The van der Waals surface area contributed by atoms with Gasteiger partial charge in [-0.05, 0) is 36.5 Å². The number of nitrogens with two attached hydrogens (primary N) is 1. The number of nitro benzene ring substituents is 1. The molecule has 0 spiro atoms. The van der Waals surface area contributed by atoms with Crippen LogP contribution in [0.3, 0.4) is 0 Å². The van der Waals surface area contributed by atoms with Crippen molar-refractivity contribution in [2.75, 3.05) is 11.1 Å². The van der Waals surface area contributed by atoms with Crippen LogP contribution in [0.2, 0.25) is 0 Å². The van der Waals surface area contributed by atoms with E-state index in [1.165, 1.54) is 23.3 Å². The van der Waals surface area contributed by atoms with Crippen molar-refractivity contribution in [1.82, 2.24) is 0 Å². The number of nitrogens with zero attached hydrogens (tertiary/aromatic N) is 1. The standard InChI is InChI=1S/C16H17N3O2/c17-12-8-13(10-14(9-12)19(20)21)18-16-7-3-5-11-4-1-2-6-15(11)16/h1-2,4,6,8-10,16,18H,3,5,7,17H2. The fourth-order valence-corrected chi connectivity index (χ4v) is 2.93. The van der Waals surface area contributed by atoms with Crippen molar-refractivity contribution < 1.29 is 4.92 Å². The molecule has 108 valence electrons. The number of hydrogen-bond donors (Lipinski definition) is 2. The van der Waals surface area contributed by atoms with E-state index in [-0.39, 0.29) is 11.7 Å². The molecule has 1 aliphatic carbocycles. The van der Waals surface area contributed by atoms with Crippen LogP contribution in [0.4, 0.5) is 17.1 Å². The Kier molecular flexibility index (Phi) is 3.48. The van der Waals surface area contributed by atoms with E-state index in [0.717, 1.165) is 19.3 Å². The Bertz CT molecular complexity index is 685. The van der Waals surface area contributed by atoms with Crippen molar-refractivity contribution >= 4 is 17.1 Å². The monoisotopic (exact) mass is 283 g/mol. The van der Waals surface area contributed by atoms with Gasteiger partial charge < -0.3 is 11.1 Å². The average Bonchev–Trinajstić information content (AvgIpc) is 2.47. The molecule has 1 unspecified atom stereocenters. The molecular formula is C16H17N3O2. The second-order valence-corrected chi connectivity index (χ2v) is 5.36. The van der Waals surface area contributed by atoms with Gasteiger partial charge in [-0.3, -0.25) is 10.1 Å². The molecule has 5 nitrogen and oxygen atoms in total. The van der Waals surface area contributed by atoms with Crippen LogP contribution in [-0.2, 0) is 6.42 Å². The molecule has 0 amide bonds. The maximum Gasteiger partial charge on any atom is 0.273 e. The summed E-state index contributed by atoms with van der Waals surface area (Å²) in [7, 11) is 0. The molecule has 0 radical (unpaired) electrons. The van der Waals surface area contributed by atoms with Gasteiger partial charge in [-0.15, -0.1) is 0 Å². The summed E-state index contributed by atoms with van der Waals surface area (Å²) in [5.74, 6) is 0. The van der Waals surface area contributed by atoms with Gasteiger partial charge in [0.05, 0.1) is 11.0 Å². The highest BCUT2D eigenvalue weighted by Crippen LogP contribution is 2.33. The van der Waals surface area contributed by atoms with Gasteiger partial charge in [-0.1, -0.05) is 24.3 Å². The normalized spacial score (nSPS) is 17.0. The summed E-state index contributed by atoms with van der Waals surface area (Å²) in [5, 5.41) is 14.3. The predicted molar refractivity (Wildman–Crippen MR) is 83.3 cm³/mol. The summed E-state index contributed by atoms with van der Waals surface area (Å²) in [4.78, 5) is 10.5. The van der Waals surface area contributed by atoms with E-state index in [4.69, 9.17) is 5.73 Å². The average molecular weight is 283 g/mol. The molecule has 0 bridgehead atoms. The molecule has 3 N–H and O–H groups in total. The number of fused-ring (bicyclic) bond motifs is 1. The van der Waals surface area contributed by atoms with Crippen molar-refractivity contribution in [3.8, 4) is 0 Å². The van der Waals surface area contributed by atoms with Crippen LogP contribution in [0.5, 0.6) is 0 Å². The Labute approximate surface area is 122 Å². The van der Waals surface area contributed by atoms with Crippen LogP contribution >= 0.6 is 0 Å². The Morgan fingerprint density at radius 2 is 2.05 bits per heavy atom. The van der Waals surface area contributed by atoms with Gasteiger partial charge in [0, 0.05) is 23.5 Å². The van der Waals surface area contributed by atoms with Crippen molar-refractivity contribution in [3.05, 3.63) is 63.7 Å². The lowest BCUT2D eigenvalue weighted by molar-refractivity contribution is -0.384. The van der Waals surface area contributed by atoms with Crippen LogP contribution in [0.25, 0.3) is 0 Å². The first-order valence-electron chi connectivity index (χ1n) is 7.03. The number of hydrogen-bond acceptors (Lipinski definition) is 4. The third-order valence-electron chi connectivity index (χ3n) is 3.86. The van der Waals surface area contributed by atoms with Gasteiger partial charge in [0.2, 0.25) is 0 Å². The van der Waals surface area contributed by atoms with E-state index >= 15 is 0 Å². The molecule has 0 aliphatic heterocycles. The van der Waals surface area contributed by atoms with E-state index in [0.29, 0.717) is 11.4 Å². The van der Waals surface area contributed by atoms with E-state index < -0.39 is 4.92 Å². The first-order valence-corrected chi connectivity index (χ1v) is 7.03. The highest BCUT2D eigenvalue weighted by molar-refractivity contribution is 5.62. The van der Waals surface area contributed by atoms with Gasteiger partial charge in [-0.2, -0.15) is 0 Å². The summed E-state index contributed by atoms with van der Waals surface area (Å²) < 4.78 is 0. The van der Waals surface area contributed by atoms with Gasteiger partial charge in [-0.25, -0.2) is 0 Å². The number of anilines is 2. The van der Waals surface area contributed by atoms with Gasteiger partial charge >= 0.3 is 0 Å². The topological polar surface area (TPSA) is 81.2 Å². The molecule has 1 atom stereocenters. The number of benzene rings is 2. The second kappa shape index (κ2) is 5.44. The molecule has 5 heteroatoms. The van der Waals surface area contributed by atoms with E-state index in [1.54, 1.807) is 6.07 Å². The summed E-state index contributed by atoms with van der Waals surface area (Å²) in [6, 6.07) is 13.2. The summed E-state index contributed by atoms with van der Waals surface area (Å²) in [6.07, 6.45) is 3.21. The van der Waals surface area contributed by atoms with Gasteiger partial charge in [0.15, 0.2) is 0 Å². The third kappa shape index (κ3) is 2.81. The Balaban J connectivity index is 1.90. The van der Waals surface area contributed by atoms with Crippen molar-refractivity contribution in [2.24, 2.45) is 0 Å². The zero-order valence-corrected chi connectivity index (χ0v) is 11.6. The Morgan fingerprint density at radius 1 is 1.24 bits per heavy atom. The highest BCUT2D eigenvalue weighted by Gasteiger charge is 2.20. The zero-order valence-electron chi connectivity index (χ0n) is 11.6. The van der Waals surface area contributed by atoms with E-state index in [1.807, 2.05) is 12.1 Å². The van der Waals surface area contributed by atoms with Crippen molar-refractivity contribution in [2.45, 2.75) is 25.3 Å². The first kappa shape index (κ1) is 13.4. The quantitative estimate of drug-likeness (QED) is 0.511. The lowest BCUT2D eigenvalue weighted by Gasteiger charge is -2.27. The van der Waals surface area contributed by atoms with Crippen LogP contribution < -0.4 is 11.1 Å². The maximum atomic E-state index is 10.9. The van der Waals surface area contributed by atoms with Crippen LogP contribution in [-0.4, -0.2) is 4.92 Å². The third-order valence-corrected chi connectivity index (χ3v) is 3.86. The highest BCUT2D eigenvalue weighted by atomic mass is 16.6. The number of non-ortho nitro benzene ring substituents is 1. The number of nitrogens with one attached hydrogen (secondary N) is 1. The van der Waals surface area contributed by atoms with Crippen molar-refractivity contribution in [3.63, 3.8) is 0 Å². The minimum Gasteiger partial charge on any atom is -0.398 e. The van der Waals surface area contributed by atoms with Gasteiger partial charge in [0.1, 0.15) is 0 Å². The van der Waals surface area contributed by atoms with Crippen LogP contribution in [0.1, 0.15) is 30.0 Å². The molecule has 0 heterocycles. The molecule has 0 saturated heterocycles. The molecule has 2 aromatic rings. The minimum atomic E-state index is -0.420. The largest absolute Gasteiger partial charge is 0.398 e. The number of nitro groups is 1. The zero-order chi connectivity index (χ0) is 14.8. The first-order chi connectivity index (χ1) is 10.1. The number of rotatable bonds is 3. The summed E-state index contributed by atoms with van der Waals surface area (Å²) >= 11 is 0. The fraction of sp³-hybridized carbons (Fsp3) is 0.250. The van der Waals surface area contributed by atoms with E-state index in [2.05, 4.69) is 17.4 Å². The molecule has 3 rings (SSSR count). The van der Waals surface area contributed by atoms with Crippen LogP contribution in [0.15, 0.2) is 42.5 Å². The molecular weight excluding hydrogens is 266 g/mol. The van der Waals surface area contributed by atoms with Gasteiger partial charge in [0.25, 0.3) is 5.69 Å². The molecule has 2 aromatic carbocycles.